The summed E-state index contributed by atoms with van der Waals surface area (Å²) in [6.07, 6.45) is 0.584. The van der Waals surface area contributed by atoms with Gasteiger partial charge in [0.1, 0.15) is 11.4 Å². The van der Waals surface area contributed by atoms with Gasteiger partial charge in [0, 0.05) is 24.5 Å². The number of nitro benzene ring substituents is 1. The second-order valence-corrected chi connectivity index (χ2v) is 5.87. The fraction of sp³-hybridized carbons (Fsp3) is 0.417. The third kappa shape index (κ3) is 3.72. The molecule has 0 fully saturated rings. The Labute approximate surface area is 122 Å². The molecule has 0 aromatic heterocycles. The van der Waals surface area contributed by atoms with Crippen LogP contribution in [0.4, 0.5) is 14.5 Å². The van der Waals surface area contributed by atoms with Crippen molar-refractivity contribution >= 4 is 27.5 Å². The van der Waals surface area contributed by atoms with E-state index < -0.39 is 33.7 Å². The molecule has 1 unspecified atom stereocenters. The number of halogens is 3. The quantitative estimate of drug-likeness (QED) is 0.465. The average molecular weight is 351 g/mol. The maximum atomic E-state index is 13.9. The monoisotopic (exact) mass is 350 g/mol. The fourth-order valence-corrected chi connectivity index (χ4v) is 1.75. The zero-order chi connectivity index (χ0) is 15.4. The van der Waals surface area contributed by atoms with Crippen molar-refractivity contribution in [1.82, 2.24) is 4.90 Å². The molecule has 0 aliphatic carbocycles. The lowest BCUT2D eigenvalue weighted by atomic mass is 10.1. The van der Waals surface area contributed by atoms with Crippen molar-refractivity contribution in [2.75, 3.05) is 13.6 Å². The number of hydrogen-bond donors (Lipinski definition) is 0. The molecular formula is C12H13BrF2N2O3. The molecule has 1 aromatic rings. The number of alkyl halides is 1. The molecule has 20 heavy (non-hydrogen) atoms. The zero-order valence-corrected chi connectivity index (χ0v) is 12.5. The molecule has 0 bridgehead atoms. The molecule has 8 heteroatoms. The van der Waals surface area contributed by atoms with E-state index in [2.05, 4.69) is 15.9 Å². The highest BCUT2D eigenvalue weighted by molar-refractivity contribution is 9.09. The molecule has 1 aromatic carbocycles. The van der Waals surface area contributed by atoms with Crippen molar-refractivity contribution in [1.29, 1.82) is 0 Å². The number of carbonyl (C=O) groups is 1. The van der Waals surface area contributed by atoms with Gasteiger partial charge in [-0.1, -0.05) is 22.9 Å². The molecule has 0 radical (unpaired) electrons. The first-order valence-electron chi connectivity index (χ1n) is 5.77. The first-order valence-corrected chi connectivity index (χ1v) is 6.69. The molecule has 1 atom stereocenters. The van der Waals surface area contributed by atoms with Gasteiger partial charge in [-0.05, 0) is 12.5 Å². The van der Waals surface area contributed by atoms with Crippen molar-refractivity contribution in [3.63, 3.8) is 0 Å². The summed E-state index contributed by atoms with van der Waals surface area (Å²) < 4.78 is 27.4. The lowest BCUT2D eigenvalue weighted by molar-refractivity contribution is -0.387. The Hall–Kier alpha value is -1.57. The van der Waals surface area contributed by atoms with E-state index in [0.717, 1.165) is 11.0 Å². The Morgan fingerprint density at radius 2 is 2.10 bits per heavy atom. The molecule has 0 spiro atoms. The molecule has 0 N–H and O–H groups in total. The minimum Gasteiger partial charge on any atom is -0.341 e. The summed E-state index contributed by atoms with van der Waals surface area (Å²) in [6, 6.07) is 1.41. The SMILES string of the molecule is CC(Br)CCN(C)C(=O)c1c(F)ccc([N+](=O)[O-])c1F. The smallest absolute Gasteiger partial charge is 0.305 e. The largest absolute Gasteiger partial charge is 0.341 e. The van der Waals surface area contributed by atoms with E-state index in [1.54, 1.807) is 0 Å². The van der Waals surface area contributed by atoms with Crippen LogP contribution in [0.1, 0.15) is 23.7 Å². The Morgan fingerprint density at radius 1 is 1.50 bits per heavy atom. The van der Waals surface area contributed by atoms with Crippen LogP contribution >= 0.6 is 15.9 Å². The topological polar surface area (TPSA) is 63.5 Å². The van der Waals surface area contributed by atoms with Gasteiger partial charge in [-0.3, -0.25) is 14.9 Å². The molecule has 0 aliphatic rings. The minimum absolute atomic E-state index is 0.137. The van der Waals surface area contributed by atoms with Gasteiger partial charge in [0.05, 0.1) is 4.92 Å². The predicted octanol–water partition coefficient (Wildman–Crippen LogP) is 3.12. The highest BCUT2D eigenvalue weighted by atomic mass is 79.9. The van der Waals surface area contributed by atoms with Crippen LogP contribution in [0, 0.1) is 21.7 Å². The fourth-order valence-electron chi connectivity index (χ4n) is 1.54. The van der Waals surface area contributed by atoms with E-state index in [1.165, 1.54) is 7.05 Å². The lowest BCUT2D eigenvalue weighted by Gasteiger charge is -2.18. The number of nitrogens with zero attached hydrogens (tertiary/aromatic N) is 2. The van der Waals surface area contributed by atoms with E-state index in [0.29, 0.717) is 12.5 Å². The molecule has 0 saturated heterocycles. The molecule has 5 nitrogen and oxygen atoms in total. The second kappa shape index (κ2) is 6.74. The molecule has 110 valence electrons. The van der Waals surface area contributed by atoms with Crippen LogP contribution in [-0.2, 0) is 0 Å². The third-order valence-corrected chi connectivity index (χ3v) is 3.15. The summed E-state index contributed by atoms with van der Waals surface area (Å²) >= 11 is 3.29. The zero-order valence-electron chi connectivity index (χ0n) is 10.9. The Morgan fingerprint density at radius 3 is 2.60 bits per heavy atom. The highest BCUT2D eigenvalue weighted by Crippen LogP contribution is 2.24. The summed E-state index contributed by atoms with van der Waals surface area (Å²) in [7, 11) is 1.38. The number of amides is 1. The van der Waals surface area contributed by atoms with Crippen LogP contribution in [0.2, 0.25) is 0 Å². The molecule has 0 heterocycles. The van der Waals surface area contributed by atoms with Crippen LogP contribution in [0.25, 0.3) is 0 Å². The minimum atomic E-state index is -1.45. The molecular weight excluding hydrogens is 338 g/mol. The summed E-state index contributed by atoms with van der Waals surface area (Å²) in [6.45, 7) is 2.14. The number of benzene rings is 1. The number of carbonyl (C=O) groups excluding carboxylic acids is 1. The molecule has 0 saturated carbocycles. The molecule has 0 aliphatic heterocycles. The van der Waals surface area contributed by atoms with Crippen LogP contribution in [0.15, 0.2) is 12.1 Å². The van der Waals surface area contributed by atoms with E-state index >= 15 is 0 Å². The molecule has 1 rings (SSSR count). The Bertz CT molecular complexity index is 538. The van der Waals surface area contributed by atoms with E-state index in [1.807, 2.05) is 6.92 Å². The van der Waals surface area contributed by atoms with Crippen molar-refractivity contribution in [3.8, 4) is 0 Å². The van der Waals surface area contributed by atoms with Gasteiger partial charge in [0.25, 0.3) is 5.91 Å². The standard InChI is InChI=1S/C12H13BrF2N2O3/c1-7(13)5-6-16(2)12(18)10-8(14)3-4-9(11(10)15)17(19)20/h3-4,7H,5-6H2,1-2H3. The van der Waals surface area contributed by atoms with Gasteiger partial charge in [0.2, 0.25) is 5.82 Å². The van der Waals surface area contributed by atoms with Crippen molar-refractivity contribution < 1.29 is 18.5 Å². The van der Waals surface area contributed by atoms with Gasteiger partial charge >= 0.3 is 5.69 Å². The summed E-state index contributed by atoms with van der Waals surface area (Å²) in [5.74, 6) is -3.48. The Balaban J connectivity index is 3.09. The van der Waals surface area contributed by atoms with E-state index in [9.17, 15) is 23.7 Å². The van der Waals surface area contributed by atoms with Crippen molar-refractivity contribution in [3.05, 3.63) is 39.4 Å². The maximum absolute atomic E-state index is 13.9. The number of hydrogen-bond acceptors (Lipinski definition) is 3. The van der Waals surface area contributed by atoms with Gasteiger partial charge in [-0.15, -0.1) is 0 Å². The van der Waals surface area contributed by atoms with Crippen molar-refractivity contribution in [2.45, 2.75) is 18.2 Å². The van der Waals surface area contributed by atoms with E-state index in [4.69, 9.17) is 0 Å². The maximum Gasteiger partial charge on any atom is 0.305 e. The normalized spacial score (nSPS) is 12.1. The van der Waals surface area contributed by atoms with Gasteiger partial charge in [-0.25, -0.2) is 4.39 Å². The highest BCUT2D eigenvalue weighted by Gasteiger charge is 2.28. The van der Waals surface area contributed by atoms with Crippen LogP contribution in [-0.4, -0.2) is 34.2 Å². The summed E-state index contributed by atoms with van der Waals surface area (Å²) in [5.41, 5.74) is -1.82. The first kappa shape index (κ1) is 16.5. The third-order valence-electron chi connectivity index (χ3n) is 2.69. The molecule has 1 amide bonds. The second-order valence-electron chi connectivity index (χ2n) is 4.31. The Kier molecular flexibility index (Phi) is 5.55. The summed E-state index contributed by atoms with van der Waals surface area (Å²) in [4.78, 5) is 22.9. The van der Waals surface area contributed by atoms with Gasteiger partial charge in [-0.2, -0.15) is 4.39 Å². The van der Waals surface area contributed by atoms with Crippen LogP contribution in [0.3, 0.4) is 0 Å². The lowest BCUT2D eigenvalue weighted by Crippen LogP contribution is -2.30. The van der Waals surface area contributed by atoms with Gasteiger partial charge < -0.3 is 4.90 Å². The number of rotatable bonds is 5. The predicted molar refractivity (Wildman–Crippen MR) is 73.0 cm³/mol. The average Bonchev–Trinajstić information content (AvgIpc) is 2.35. The number of nitro groups is 1. The summed E-state index contributed by atoms with van der Waals surface area (Å²) in [5, 5.41) is 10.6. The van der Waals surface area contributed by atoms with Crippen LogP contribution < -0.4 is 0 Å². The first-order chi connectivity index (χ1) is 9.25. The van der Waals surface area contributed by atoms with Crippen molar-refractivity contribution in [2.24, 2.45) is 0 Å². The van der Waals surface area contributed by atoms with Crippen LogP contribution in [0.5, 0.6) is 0 Å². The van der Waals surface area contributed by atoms with Gasteiger partial charge in [0.15, 0.2) is 0 Å². The van der Waals surface area contributed by atoms with E-state index in [-0.39, 0.29) is 11.4 Å².